The monoisotopic (exact) mass is 287 g/mol. The van der Waals surface area contributed by atoms with Gasteiger partial charge in [-0.1, -0.05) is 58.4 Å². The van der Waals surface area contributed by atoms with E-state index >= 15 is 0 Å². The maximum atomic E-state index is 4.73. The van der Waals surface area contributed by atoms with Crippen molar-refractivity contribution in [1.29, 1.82) is 0 Å². The van der Waals surface area contributed by atoms with E-state index in [2.05, 4.69) is 32.2 Å². The van der Waals surface area contributed by atoms with Crippen molar-refractivity contribution in [3.8, 4) is 0 Å². The standard InChI is InChI=1S/C20H33N/c1-3-5-6-7-9-17-10-13-19(14-11-17)20-15-12-18(8-4-2)16-21-20/h12,15-17,19H,3-11,13-14H2,1-2H3. The number of nitrogens with zero attached hydrogens (tertiary/aromatic N) is 1. The van der Waals surface area contributed by atoms with Crippen molar-refractivity contribution in [3.63, 3.8) is 0 Å². The topological polar surface area (TPSA) is 12.9 Å². The van der Waals surface area contributed by atoms with Crippen LogP contribution in [0.3, 0.4) is 0 Å². The molecular formula is C20H33N. The number of rotatable bonds is 8. The lowest BCUT2D eigenvalue weighted by Crippen LogP contribution is -2.14. The summed E-state index contributed by atoms with van der Waals surface area (Å²) in [5, 5.41) is 0. The van der Waals surface area contributed by atoms with Gasteiger partial charge in [-0.2, -0.15) is 0 Å². The largest absolute Gasteiger partial charge is 0.261 e. The van der Waals surface area contributed by atoms with Gasteiger partial charge in [-0.05, 0) is 49.7 Å². The number of aryl methyl sites for hydroxylation is 1. The molecule has 118 valence electrons. The highest BCUT2D eigenvalue weighted by Crippen LogP contribution is 2.37. The van der Waals surface area contributed by atoms with Crippen molar-refractivity contribution in [2.75, 3.05) is 0 Å². The Hall–Kier alpha value is -0.850. The van der Waals surface area contributed by atoms with Crippen LogP contribution in [0.4, 0.5) is 0 Å². The quantitative estimate of drug-likeness (QED) is 0.513. The van der Waals surface area contributed by atoms with Gasteiger partial charge in [0.25, 0.3) is 0 Å². The fraction of sp³-hybridized carbons (Fsp3) is 0.750. The first-order chi connectivity index (χ1) is 10.3. The number of unbranched alkanes of at least 4 members (excludes halogenated alkanes) is 3. The molecule has 0 N–H and O–H groups in total. The van der Waals surface area contributed by atoms with Crippen molar-refractivity contribution in [3.05, 3.63) is 29.6 Å². The van der Waals surface area contributed by atoms with Gasteiger partial charge in [-0.3, -0.25) is 4.98 Å². The fourth-order valence-electron chi connectivity index (χ4n) is 3.72. The van der Waals surface area contributed by atoms with E-state index < -0.39 is 0 Å². The van der Waals surface area contributed by atoms with Crippen molar-refractivity contribution in [2.24, 2.45) is 5.92 Å². The highest BCUT2D eigenvalue weighted by atomic mass is 14.7. The van der Waals surface area contributed by atoms with E-state index in [0.29, 0.717) is 0 Å². The first kappa shape index (κ1) is 16.5. The van der Waals surface area contributed by atoms with Crippen molar-refractivity contribution in [2.45, 2.75) is 90.4 Å². The first-order valence-electron chi connectivity index (χ1n) is 9.28. The molecule has 0 atom stereocenters. The summed E-state index contributed by atoms with van der Waals surface area (Å²) in [6, 6.07) is 4.58. The molecule has 0 aliphatic heterocycles. The Bertz CT molecular complexity index is 373. The van der Waals surface area contributed by atoms with E-state index in [1.807, 2.05) is 0 Å². The fourth-order valence-corrected chi connectivity index (χ4v) is 3.72. The second-order valence-corrected chi connectivity index (χ2v) is 6.91. The zero-order valence-corrected chi connectivity index (χ0v) is 14.1. The van der Waals surface area contributed by atoms with E-state index in [4.69, 9.17) is 4.98 Å². The van der Waals surface area contributed by atoms with Crippen LogP contribution in [0.5, 0.6) is 0 Å². The van der Waals surface area contributed by atoms with Gasteiger partial charge in [-0.15, -0.1) is 0 Å². The Morgan fingerprint density at radius 2 is 1.76 bits per heavy atom. The van der Waals surface area contributed by atoms with Gasteiger partial charge in [-0.25, -0.2) is 0 Å². The predicted molar refractivity (Wildman–Crippen MR) is 91.7 cm³/mol. The van der Waals surface area contributed by atoms with Gasteiger partial charge in [0.15, 0.2) is 0 Å². The summed E-state index contributed by atoms with van der Waals surface area (Å²) < 4.78 is 0. The van der Waals surface area contributed by atoms with Gasteiger partial charge in [0.05, 0.1) is 0 Å². The van der Waals surface area contributed by atoms with Crippen LogP contribution >= 0.6 is 0 Å². The minimum Gasteiger partial charge on any atom is -0.261 e. The molecule has 1 saturated carbocycles. The Labute approximate surface area is 131 Å². The normalized spacial score (nSPS) is 22.4. The van der Waals surface area contributed by atoms with E-state index in [0.717, 1.165) is 18.3 Å². The molecule has 0 amide bonds. The highest BCUT2D eigenvalue weighted by Gasteiger charge is 2.22. The molecule has 1 aromatic heterocycles. The summed E-state index contributed by atoms with van der Waals surface area (Å²) in [6.07, 6.45) is 17.2. The van der Waals surface area contributed by atoms with Crippen molar-refractivity contribution < 1.29 is 0 Å². The average molecular weight is 287 g/mol. The van der Waals surface area contributed by atoms with Gasteiger partial charge in [0, 0.05) is 17.8 Å². The van der Waals surface area contributed by atoms with Crippen LogP contribution in [0.25, 0.3) is 0 Å². The third kappa shape index (κ3) is 5.45. The number of hydrogen-bond acceptors (Lipinski definition) is 1. The van der Waals surface area contributed by atoms with Crippen molar-refractivity contribution >= 4 is 0 Å². The molecule has 1 aliphatic rings. The maximum Gasteiger partial charge on any atom is 0.0434 e. The van der Waals surface area contributed by atoms with Crippen LogP contribution in [0.15, 0.2) is 18.3 Å². The molecule has 0 bridgehead atoms. The van der Waals surface area contributed by atoms with Gasteiger partial charge in [0.2, 0.25) is 0 Å². The number of hydrogen-bond donors (Lipinski definition) is 0. The van der Waals surface area contributed by atoms with Crippen molar-refractivity contribution in [1.82, 2.24) is 4.98 Å². The SMILES string of the molecule is CCCCCCC1CCC(c2ccc(CCC)cn2)CC1. The number of aromatic nitrogens is 1. The smallest absolute Gasteiger partial charge is 0.0434 e. The molecule has 1 aliphatic carbocycles. The van der Waals surface area contributed by atoms with Gasteiger partial charge < -0.3 is 0 Å². The highest BCUT2D eigenvalue weighted by molar-refractivity contribution is 5.17. The van der Waals surface area contributed by atoms with E-state index in [1.54, 1.807) is 0 Å². The molecule has 0 radical (unpaired) electrons. The lowest BCUT2D eigenvalue weighted by atomic mass is 9.78. The van der Waals surface area contributed by atoms with E-state index in [9.17, 15) is 0 Å². The summed E-state index contributed by atoms with van der Waals surface area (Å²) in [6.45, 7) is 4.53. The lowest BCUT2D eigenvalue weighted by molar-refractivity contribution is 0.299. The van der Waals surface area contributed by atoms with Crippen LogP contribution in [0.2, 0.25) is 0 Å². The first-order valence-corrected chi connectivity index (χ1v) is 9.28. The van der Waals surface area contributed by atoms with E-state index in [-0.39, 0.29) is 0 Å². The zero-order chi connectivity index (χ0) is 14.9. The second kappa shape index (κ2) is 9.23. The molecule has 21 heavy (non-hydrogen) atoms. The Morgan fingerprint density at radius 3 is 2.38 bits per heavy atom. The summed E-state index contributed by atoms with van der Waals surface area (Å²) in [5.74, 6) is 1.73. The molecule has 1 fully saturated rings. The summed E-state index contributed by atoms with van der Waals surface area (Å²) >= 11 is 0. The molecule has 0 saturated heterocycles. The summed E-state index contributed by atoms with van der Waals surface area (Å²) in [4.78, 5) is 4.73. The zero-order valence-electron chi connectivity index (χ0n) is 14.1. The van der Waals surface area contributed by atoms with Gasteiger partial charge >= 0.3 is 0 Å². The minimum absolute atomic E-state index is 0.729. The lowest BCUT2D eigenvalue weighted by Gasteiger charge is -2.28. The molecule has 1 heteroatoms. The molecule has 0 aromatic carbocycles. The van der Waals surface area contributed by atoms with Crippen LogP contribution in [0, 0.1) is 5.92 Å². The van der Waals surface area contributed by atoms with Crippen LogP contribution in [-0.4, -0.2) is 4.98 Å². The minimum atomic E-state index is 0.729. The molecule has 0 unspecified atom stereocenters. The molecule has 0 spiro atoms. The average Bonchev–Trinajstić information content (AvgIpc) is 2.53. The Balaban J connectivity index is 1.73. The maximum absolute atomic E-state index is 4.73. The Kier molecular flexibility index (Phi) is 7.26. The molecule has 1 aromatic rings. The number of pyridine rings is 1. The second-order valence-electron chi connectivity index (χ2n) is 6.91. The van der Waals surface area contributed by atoms with E-state index in [1.165, 1.54) is 75.5 Å². The molecule has 1 heterocycles. The third-order valence-corrected chi connectivity index (χ3v) is 5.12. The predicted octanol–water partition coefficient (Wildman–Crippen LogP) is 6.28. The third-order valence-electron chi connectivity index (χ3n) is 5.12. The molecular weight excluding hydrogens is 254 g/mol. The van der Waals surface area contributed by atoms with Crippen LogP contribution in [0.1, 0.15) is 95.2 Å². The molecule has 1 nitrogen and oxygen atoms in total. The van der Waals surface area contributed by atoms with Crippen LogP contribution in [-0.2, 0) is 6.42 Å². The molecule has 2 rings (SSSR count). The Morgan fingerprint density at radius 1 is 0.952 bits per heavy atom. The van der Waals surface area contributed by atoms with Crippen LogP contribution < -0.4 is 0 Å². The summed E-state index contributed by atoms with van der Waals surface area (Å²) in [7, 11) is 0. The van der Waals surface area contributed by atoms with Gasteiger partial charge in [0.1, 0.15) is 0 Å². The summed E-state index contributed by atoms with van der Waals surface area (Å²) in [5.41, 5.74) is 2.74.